The van der Waals surface area contributed by atoms with Crippen molar-refractivity contribution in [3.8, 4) is 0 Å². The van der Waals surface area contributed by atoms with Crippen molar-refractivity contribution >= 4 is 0 Å². The Balaban J connectivity index is 1.82. The smallest absolute Gasteiger partial charge is 0.0674 e. The molecule has 0 bridgehead atoms. The van der Waals surface area contributed by atoms with Crippen LogP contribution < -0.4 is 5.32 Å². The van der Waals surface area contributed by atoms with Crippen LogP contribution in [0.2, 0.25) is 0 Å². The maximum Gasteiger partial charge on any atom is 0.0674 e. The minimum Gasteiger partial charge on any atom is -0.376 e. The molecule has 2 saturated heterocycles. The number of nitrogens with zero attached hydrogens (tertiary/aromatic N) is 1. The van der Waals surface area contributed by atoms with Gasteiger partial charge in [0.15, 0.2) is 0 Å². The van der Waals surface area contributed by atoms with Crippen LogP contribution in [0, 0.1) is 0 Å². The monoisotopic (exact) mass is 198 g/mol. The molecule has 3 atom stereocenters. The molecule has 2 fully saturated rings. The summed E-state index contributed by atoms with van der Waals surface area (Å²) in [5.74, 6) is 0. The summed E-state index contributed by atoms with van der Waals surface area (Å²) < 4.78 is 5.56. The normalized spacial score (nSPS) is 41.1. The molecular weight excluding hydrogens is 176 g/mol. The van der Waals surface area contributed by atoms with Gasteiger partial charge in [0.25, 0.3) is 0 Å². The second-order valence-corrected chi connectivity index (χ2v) is 4.72. The highest BCUT2D eigenvalue weighted by Gasteiger charge is 2.26. The molecule has 0 radical (unpaired) electrons. The Morgan fingerprint density at radius 2 is 2.14 bits per heavy atom. The molecule has 2 rings (SSSR count). The van der Waals surface area contributed by atoms with Crippen LogP contribution in [0.25, 0.3) is 0 Å². The van der Waals surface area contributed by atoms with Gasteiger partial charge in [0.05, 0.1) is 12.7 Å². The average molecular weight is 198 g/mol. The van der Waals surface area contributed by atoms with Gasteiger partial charge < -0.3 is 10.1 Å². The molecule has 82 valence electrons. The molecule has 0 saturated carbocycles. The van der Waals surface area contributed by atoms with E-state index in [2.05, 4.69) is 24.1 Å². The molecule has 3 nitrogen and oxygen atoms in total. The fraction of sp³-hybridized carbons (Fsp3) is 1.00. The molecule has 0 aliphatic carbocycles. The van der Waals surface area contributed by atoms with Crippen molar-refractivity contribution in [2.45, 2.75) is 44.9 Å². The van der Waals surface area contributed by atoms with E-state index in [0.29, 0.717) is 12.1 Å². The molecule has 0 aromatic heterocycles. The molecule has 3 heteroatoms. The predicted molar refractivity (Wildman–Crippen MR) is 57.5 cm³/mol. The maximum atomic E-state index is 5.56. The number of hydrogen-bond acceptors (Lipinski definition) is 3. The summed E-state index contributed by atoms with van der Waals surface area (Å²) in [7, 11) is 0. The predicted octanol–water partition coefficient (Wildman–Crippen LogP) is 0.848. The van der Waals surface area contributed by atoms with Crippen molar-refractivity contribution in [1.29, 1.82) is 0 Å². The van der Waals surface area contributed by atoms with Gasteiger partial charge in [-0.3, -0.25) is 4.90 Å². The third-order valence-corrected chi connectivity index (χ3v) is 3.42. The molecule has 0 amide bonds. The van der Waals surface area contributed by atoms with Gasteiger partial charge in [0.2, 0.25) is 0 Å². The first-order valence-corrected chi connectivity index (χ1v) is 5.84. The van der Waals surface area contributed by atoms with Crippen molar-refractivity contribution < 1.29 is 4.74 Å². The van der Waals surface area contributed by atoms with E-state index in [-0.39, 0.29) is 0 Å². The Labute approximate surface area is 86.8 Å². The zero-order chi connectivity index (χ0) is 9.97. The fourth-order valence-electron chi connectivity index (χ4n) is 2.47. The zero-order valence-electron chi connectivity index (χ0n) is 9.33. The SMILES string of the molecule is CC1CCC(N2CCOC(C)C2)CN1. The third-order valence-electron chi connectivity index (χ3n) is 3.42. The molecule has 0 spiro atoms. The number of nitrogens with one attached hydrogen (secondary N) is 1. The summed E-state index contributed by atoms with van der Waals surface area (Å²) in [5, 5.41) is 3.56. The van der Waals surface area contributed by atoms with Crippen LogP contribution in [0.4, 0.5) is 0 Å². The molecule has 2 aliphatic heterocycles. The lowest BCUT2D eigenvalue weighted by Gasteiger charge is -2.40. The Morgan fingerprint density at radius 1 is 1.29 bits per heavy atom. The minimum absolute atomic E-state index is 0.420. The molecule has 0 aromatic rings. The lowest BCUT2D eigenvalue weighted by atomic mass is 10.00. The molecule has 0 aromatic carbocycles. The van der Waals surface area contributed by atoms with Gasteiger partial charge >= 0.3 is 0 Å². The Bertz CT molecular complexity index is 178. The van der Waals surface area contributed by atoms with Gasteiger partial charge in [-0.1, -0.05) is 0 Å². The van der Waals surface area contributed by atoms with Crippen molar-refractivity contribution in [3.63, 3.8) is 0 Å². The van der Waals surface area contributed by atoms with E-state index in [4.69, 9.17) is 4.74 Å². The highest BCUT2D eigenvalue weighted by Crippen LogP contribution is 2.16. The van der Waals surface area contributed by atoms with Gasteiger partial charge in [0, 0.05) is 31.7 Å². The minimum atomic E-state index is 0.420. The molecule has 14 heavy (non-hydrogen) atoms. The quantitative estimate of drug-likeness (QED) is 0.676. The van der Waals surface area contributed by atoms with Crippen LogP contribution in [-0.4, -0.2) is 49.3 Å². The molecular formula is C11H22N2O. The molecule has 2 heterocycles. The lowest BCUT2D eigenvalue weighted by molar-refractivity contribution is -0.0383. The van der Waals surface area contributed by atoms with Crippen molar-refractivity contribution in [1.82, 2.24) is 10.2 Å². The summed E-state index contributed by atoms with van der Waals surface area (Å²) in [6.07, 6.45) is 3.08. The van der Waals surface area contributed by atoms with E-state index in [1.165, 1.54) is 12.8 Å². The largest absolute Gasteiger partial charge is 0.376 e. The summed E-state index contributed by atoms with van der Waals surface area (Å²) >= 11 is 0. The number of rotatable bonds is 1. The number of morpholine rings is 1. The number of ether oxygens (including phenoxy) is 1. The number of piperidine rings is 1. The van der Waals surface area contributed by atoms with Gasteiger partial charge in [0.1, 0.15) is 0 Å². The standard InChI is InChI=1S/C11H22N2O/c1-9-3-4-11(7-12-9)13-5-6-14-10(2)8-13/h9-12H,3-8H2,1-2H3. The van der Waals surface area contributed by atoms with Gasteiger partial charge in [-0.05, 0) is 26.7 Å². The topological polar surface area (TPSA) is 24.5 Å². The van der Waals surface area contributed by atoms with Gasteiger partial charge in [-0.25, -0.2) is 0 Å². The van der Waals surface area contributed by atoms with E-state index < -0.39 is 0 Å². The highest BCUT2D eigenvalue weighted by molar-refractivity contribution is 4.84. The molecule has 2 aliphatic rings. The van der Waals surface area contributed by atoms with Crippen LogP contribution in [0.3, 0.4) is 0 Å². The van der Waals surface area contributed by atoms with Crippen LogP contribution >= 0.6 is 0 Å². The van der Waals surface area contributed by atoms with E-state index >= 15 is 0 Å². The van der Waals surface area contributed by atoms with E-state index in [1.54, 1.807) is 0 Å². The van der Waals surface area contributed by atoms with E-state index in [9.17, 15) is 0 Å². The Kier molecular flexibility index (Phi) is 3.42. The van der Waals surface area contributed by atoms with Crippen LogP contribution in [-0.2, 0) is 4.74 Å². The summed E-state index contributed by atoms with van der Waals surface area (Å²) in [4.78, 5) is 2.59. The molecule has 1 N–H and O–H groups in total. The van der Waals surface area contributed by atoms with Crippen molar-refractivity contribution in [2.75, 3.05) is 26.2 Å². The summed E-state index contributed by atoms with van der Waals surface area (Å²) in [6, 6.07) is 1.46. The van der Waals surface area contributed by atoms with E-state index in [0.717, 1.165) is 32.3 Å². The second-order valence-electron chi connectivity index (χ2n) is 4.72. The van der Waals surface area contributed by atoms with Crippen LogP contribution in [0.1, 0.15) is 26.7 Å². The van der Waals surface area contributed by atoms with Crippen LogP contribution in [0.15, 0.2) is 0 Å². The first-order chi connectivity index (χ1) is 6.75. The second kappa shape index (κ2) is 4.60. The van der Waals surface area contributed by atoms with Gasteiger partial charge in [-0.15, -0.1) is 0 Å². The Morgan fingerprint density at radius 3 is 2.79 bits per heavy atom. The Hall–Kier alpha value is -0.120. The molecule has 3 unspecified atom stereocenters. The summed E-state index contributed by atoms with van der Waals surface area (Å²) in [6.45, 7) is 8.75. The maximum absolute atomic E-state index is 5.56. The first-order valence-electron chi connectivity index (χ1n) is 5.84. The van der Waals surface area contributed by atoms with E-state index in [1.807, 2.05) is 0 Å². The van der Waals surface area contributed by atoms with Crippen molar-refractivity contribution in [3.05, 3.63) is 0 Å². The van der Waals surface area contributed by atoms with Crippen LogP contribution in [0.5, 0.6) is 0 Å². The zero-order valence-corrected chi connectivity index (χ0v) is 9.33. The fourth-order valence-corrected chi connectivity index (χ4v) is 2.47. The third kappa shape index (κ3) is 2.47. The first kappa shape index (κ1) is 10.4. The summed E-state index contributed by atoms with van der Waals surface area (Å²) in [5.41, 5.74) is 0. The highest BCUT2D eigenvalue weighted by atomic mass is 16.5. The van der Waals surface area contributed by atoms with Gasteiger partial charge in [-0.2, -0.15) is 0 Å². The number of hydrogen-bond donors (Lipinski definition) is 1. The van der Waals surface area contributed by atoms with Crippen molar-refractivity contribution in [2.24, 2.45) is 0 Å². The lowest BCUT2D eigenvalue weighted by Crippen LogP contribution is -2.53. The average Bonchev–Trinajstić information content (AvgIpc) is 2.19.